The Hall–Kier alpha value is -8.62. The van der Waals surface area contributed by atoms with Crippen molar-refractivity contribution in [1.29, 1.82) is 0 Å². The van der Waals surface area contributed by atoms with Crippen LogP contribution in [0.15, 0.2) is 201 Å². The Morgan fingerprint density at radius 3 is 1.48 bits per heavy atom. The number of para-hydroxylation sites is 1. The number of rotatable bonds is 0. The number of pyridine rings is 8. The Morgan fingerprint density at radius 1 is 0.284 bits per heavy atom. The van der Waals surface area contributed by atoms with Gasteiger partial charge in [0.2, 0.25) is 0 Å². The zero-order chi connectivity index (χ0) is 46.1. The van der Waals surface area contributed by atoms with Gasteiger partial charge in [0, 0.05) is 91.7 Å². The van der Waals surface area contributed by atoms with E-state index < -0.39 is 0 Å². The van der Waals surface area contributed by atoms with Crippen LogP contribution >= 0.6 is 0 Å². The molecular formula is C59H48N8. The third kappa shape index (κ3) is 10.2. The highest BCUT2D eigenvalue weighted by atomic mass is 14.8. The molecule has 0 saturated heterocycles. The van der Waals surface area contributed by atoms with Gasteiger partial charge in [-0.3, -0.25) is 39.9 Å². The van der Waals surface area contributed by atoms with E-state index in [0.717, 1.165) is 82.5 Å². The summed E-state index contributed by atoms with van der Waals surface area (Å²) in [4.78, 5) is 35.2. The monoisotopic (exact) mass is 868 g/mol. The quantitative estimate of drug-likeness (QED) is 0.139. The van der Waals surface area contributed by atoms with E-state index in [1.807, 2.05) is 112 Å². The molecule has 0 unspecified atom stereocenters. The summed E-state index contributed by atoms with van der Waals surface area (Å²) in [5, 5.41) is 9.33. The van der Waals surface area contributed by atoms with Gasteiger partial charge in [-0.15, -0.1) is 0 Å². The van der Waals surface area contributed by atoms with Crippen LogP contribution in [0.4, 0.5) is 0 Å². The fourth-order valence-corrected chi connectivity index (χ4v) is 7.97. The van der Waals surface area contributed by atoms with Crippen LogP contribution in [0.25, 0.3) is 87.2 Å². The smallest absolute Gasteiger partial charge is 0.0967 e. The van der Waals surface area contributed by atoms with Crippen LogP contribution in [-0.2, 0) is 0 Å². The predicted molar refractivity (Wildman–Crippen MR) is 278 cm³/mol. The van der Waals surface area contributed by atoms with E-state index in [1.165, 1.54) is 32.8 Å². The first-order valence-corrected chi connectivity index (χ1v) is 22.2. The van der Waals surface area contributed by atoms with E-state index in [4.69, 9.17) is 0 Å². The molecule has 0 bridgehead atoms. The Kier molecular flexibility index (Phi) is 13.1. The van der Waals surface area contributed by atoms with Gasteiger partial charge in [-0.2, -0.15) is 0 Å². The maximum Gasteiger partial charge on any atom is 0.0967 e. The lowest BCUT2D eigenvalue weighted by Crippen LogP contribution is -1.86. The normalized spacial score (nSPS) is 10.8. The van der Waals surface area contributed by atoms with Gasteiger partial charge in [0.05, 0.1) is 44.1 Å². The topological polar surface area (TPSA) is 103 Å². The fourth-order valence-electron chi connectivity index (χ4n) is 7.97. The lowest BCUT2D eigenvalue weighted by atomic mass is 10.1. The van der Waals surface area contributed by atoms with E-state index in [1.54, 1.807) is 0 Å². The van der Waals surface area contributed by atoms with Gasteiger partial charge >= 0.3 is 0 Å². The maximum atomic E-state index is 4.54. The van der Waals surface area contributed by atoms with Gasteiger partial charge in [-0.1, -0.05) is 97.1 Å². The lowest BCUT2D eigenvalue weighted by molar-refractivity contribution is 1.25. The maximum absolute atomic E-state index is 4.54. The zero-order valence-electron chi connectivity index (χ0n) is 38.1. The SMILES string of the molecule is Cc1cc2cccnc2c2ncccc12.Cc1ccc2ccc3cccnc3c2n1.Cc1ccc2ccccc2n1.Cc1ccc2cccnc2c1.Cc1cnc2c(ccc3cccnc32)c1. The third-order valence-corrected chi connectivity index (χ3v) is 11.3. The molecule has 0 N–H and O–H groups in total. The van der Waals surface area contributed by atoms with Crippen molar-refractivity contribution in [1.82, 2.24) is 39.9 Å². The van der Waals surface area contributed by atoms with Crippen LogP contribution in [0, 0.1) is 34.6 Å². The first-order chi connectivity index (χ1) is 32.8. The number of aromatic nitrogens is 8. The molecule has 13 rings (SSSR count). The standard InChI is InChI=1S/3C13H10N2.2C10H9N/c1-9-8-10-4-2-6-14-12(10)13-11(9)5-3-7-15-13;1-9-4-5-11-7-6-10-3-2-8-14-12(10)13(11)15-9;1-9-7-11-5-4-10-3-2-6-14-12(10)13(11)15-8-9;1-8-4-5-9-3-2-6-11-10(9)7-8;1-8-6-7-9-4-2-3-5-10(9)11-8/h3*2-8H,1H3;2*2-7H,1H3. The molecule has 0 aliphatic heterocycles. The van der Waals surface area contributed by atoms with Crippen molar-refractivity contribution >= 4 is 87.2 Å². The third-order valence-electron chi connectivity index (χ3n) is 11.3. The Morgan fingerprint density at radius 2 is 0.746 bits per heavy atom. The summed E-state index contributed by atoms with van der Waals surface area (Å²) in [5.74, 6) is 0. The van der Waals surface area contributed by atoms with Crippen LogP contribution in [0.5, 0.6) is 0 Å². The van der Waals surface area contributed by atoms with Crippen LogP contribution < -0.4 is 0 Å². The van der Waals surface area contributed by atoms with Crippen molar-refractivity contribution in [2.45, 2.75) is 34.6 Å². The van der Waals surface area contributed by atoms with Crippen molar-refractivity contribution in [2.24, 2.45) is 0 Å². The molecule has 0 radical (unpaired) electrons. The van der Waals surface area contributed by atoms with Gasteiger partial charge in [0.15, 0.2) is 0 Å². The fraction of sp³-hybridized carbons (Fsp3) is 0.0847. The van der Waals surface area contributed by atoms with Crippen molar-refractivity contribution in [2.75, 3.05) is 0 Å². The summed E-state index contributed by atoms with van der Waals surface area (Å²) in [6.45, 7) is 10.2. The molecule has 0 saturated carbocycles. The molecule has 8 heterocycles. The number of fused-ring (bicyclic) bond motifs is 11. The van der Waals surface area contributed by atoms with Crippen LogP contribution in [-0.4, -0.2) is 39.9 Å². The molecule has 0 amide bonds. The minimum absolute atomic E-state index is 0.981. The second kappa shape index (κ2) is 20.0. The van der Waals surface area contributed by atoms with Crippen LogP contribution in [0.1, 0.15) is 28.1 Å². The molecule has 0 atom stereocenters. The summed E-state index contributed by atoms with van der Waals surface area (Å²) >= 11 is 0. The van der Waals surface area contributed by atoms with Gasteiger partial charge in [0.25, 0.3) is 0 Å². The molecule has 67 heavy (non-hydrogen) atoms. The van der Waals surface area contributed by atoms with Crippen LogP contribution in [0.2, 0.25) is 0 Å². The summed E-state index contributed by atoms with van der Waals surface area (Å²) in [5.41, 5.74) is 13.9. The van der Waals surface area contributed by atoms with E-state index in [2.05, 4.69) is 164 Å². The lowest BCUT2D eigenvalue weighted by Gasteiger charge is -2.04. The minimum atomic E-state index is 0.981. The Labute approximate surface area is 389 Å². The summed E-state index contributed by atoms with van der Waals surface area (Å²) in [6.07, 6.45) is 11.0. The molecule has 324 valence electrons. The molecule has 8 nitrogen and oxygen atoms in total. The number of benzene rings is 5. The average Bonchev–Trinajstić information content (AvgIpc) is 3.37. The Balaban J connectivity index is 0.000000106. The number of nitrogens with zero attached hydrogens (tertiary/aromatic N) is 8. The van der Waals surface area contributed by atoms with Gasteiger partial charge in [-0.05, 0) is 118 Å². The number of hydrogen-bond donors (Lipinski definition) is 0. The highest BCUT2D eigenvalue weighted by Gasteiger charge is 2.06. The van der Waals surface area contributed by atoms with Gasteiger partial charge in [0.1, 0.15) is 0 Å². The van der Waals surface area contributed by atoms with Crippen molar-refractivity contribution < 1.29 is 0 Å². The number of hydrogen-bond acceptors (Lipinski definition) is 8. The first-order valence-electron chi connectivity index (χ1n) is 22.2. The average molecular weight is 869 g/mol. The van der Waals surface area contributed by atoms with Crippen molar-refractivity contribution in [3.05, 3.63) is 229 Å². The summed E-state index contributed by atoms with van der Waals surface area (Å²) in [6, 6.07) is 55.4. The van der Waals surface area contributed by atoms with E-state index >= 15 is 0 Å². The van der Waals surface area contributed by atoms with E-state index in [-0.39, 0.29) is 0 Å². The van der Waals surface area contributed by atoms with Crippen molar-refractivity contribution in [3.63, 3.8) is 0 Å². The van der Waals surface area contributed by atoms with Gasteiger partial charge < -0.3 is 0 Å². The number of aryl methyl sites for hydroxylation is 5. The highest BCUT2D eigenvalue weighted by Crippen LogP contribution is 2.26. The zero-order valence-corrected chi connectivity index (χ0v) is 38.1. The highest BCUT2D eigenvalue weighted by molar-refractivity contribution is 6.05. The predicted octanol–water partition coefficient (Wildman–Crippen LogP) is 14.4. The minimum Gasteiger partial charge on any atom is -0.256 e. The molecule has 13 aromatic rings. The molecule has 0 aliphatic rings. The van der Waals surface area contributed by atoms with E-state index in [0.29, 0.717) is 0 Å². The summed E-state index contributed by atoms with van der Waals surface area (Å²) in [7, 11) is 0. The molecule has 5 aromatic carbocycles. The first kappa shape index (κ1) is 43.6. The molecule has 0 spiro atoms. The molecule has 8 heteroatoms. The molecule has 8 aromatic heterocycles. The molecule has 0 fully saturated rings. The summed E-state index contributed by atoms with van der Waals surface area (Å²) < 4.78 is 0. The van der Waals surface area contributed by atoms with E-state index in [9.17, 15) is 0 Å². The van der Waals surface area contributed by atoms with Gasteiger partial charge in [-0.25, -0.2) is 0 Å². The van der Waals surface area contributed by atoms with Crippen LogP contribution in [0.3, 0.4) is 0 Å². The molecule has 0 aliphatic carbocycles. The van der Waals surface area contributed by atoms with Crippen molar-refractivity contribution in [3.8, 4) is 0 Å². The Bertz CT molecular complexity index is 3760. The second-order valence-electron chi connectivity index (χ2n) is 16.4. The molecular weight excluding hydrogens is 821 g/mol. The second-order valence-corrected chi connectivity index (χ2v) is 16.4. The largest absolute Gasteiger partial charge is 0.256 e.